The topological polar surface area (TPSA) is 67.4 Å². The zero-order valence-electron chi connectivity index (χ0n) is 18.5. The minimum Gasteiger partial charge on any atom is -0.492 e. The molecule has 34 heavy (non-hydrogen) atoms. The number of anilines is 1. The molecule has 2 N–H and O–H groups in total. The van der Waals surface area contributed by atoms with Gasteiger partial charge in [0.15, 0.2) is 0 Å². The van der Waals surface area contributed by atoms with E-state index in [4.69, 9.17) is 27.9 Å². The van der Waals surface area contributed by atoms with Crippen molar-refractivity contribution in [3.8, 4) is 5.75 Å². The Kier molecular flexibility index (Phi) is 7.09. The third-order valence-corrected chi connectivity index (χ3v) is 10.1. The van der Waals surface area contributed by atoms with Gasteiger partial charge in [0.05, 0.1) is 4.34 Å². The van der Waals surface area contributed by atoms with E-state index in [0.717, 1.165) is 48.5 Å². The largest absolute Gasteiger partial charge is 0.492 e. The van der Waals surface area contributed by atoms with Gasteiger partial charge in [0, 0.05) is 23.3 Å². The average Bonchev–Trinajstić information content (AvgIpc) is 3.36. The molecular weight excluding hydrogens is 511 g/mol. The first-order valence-electron chi connectivity index (χ1n) is 11.4. The van der Waals surface area contributed by atoms with E-state index in [2.05, 4.69) is 28.2 Å². The Bertz CT molecular complexity index is 1260. The summed E-state index contributed by atoms with van der Waals surface area (Å²) in [5, 5.41) is 4.13. The van der Waals surface area contributed by atoms with Crippen LogP contribution in [0.25, 0.3) is 0 Å². The van der Waals surface area contributed by atoms with Gasteiger partial charge in [0.25, 0.3) is 0 Å². The lowest BCUT2D eigenvalue weighted by Crippen LogP contribution is -2.41. The maximum Gasteiger partial charge on any atom is 0.250 e. The second-order valence-electron chi connectivity index (χ2n) is 8.92. The second kappa shape index (κ2) is 10.1. The van der Waals surface area contributed by atoms with Gasteiger partial charge in [-0.25, -0.2) is 13.1 Å². The van der Waals surface area contributed by atoms with Crippen LogP contribution in [0.4, 0.5) is 5.69 Å². The van der Waals surface area contributed by atoms with Gasteiger partial charge < -0.3 is 10.1 Å². The molecular formula is C25H26Cl2N2O3S2. The van der Waals surface area contributed by atoms with Crippen molar-refractivity contribution in [1.82, 2.24) is 4.72 Å². The Morgan fingerprint density at radius 3 is 2.38 bits per heavy atom. The van der Waals surface area contributed by atoms with E-state index in [1.54, 1.807) is 12.1 Å². The van der Waals surface area contributed by atoms with E-state index in [0.29, 0.717) is 34.3 Å². The van der Waals surface area contributed by atoms with E-state index >= 15 is 0 Å². The summed E-state index contributed by atoms with van der Waals surface area (Å²) < 4.78 is 35.4. The molecule has 2 aliphatic carbocycles. The standard InChI is InChI=1S/C25H26Cl2N2O3S2/c26-20-4-7-22(8-5-20)32-12-11-28-21-6-3-16-13-17-1-2-18(14-19(16)15-21)25(17)29-34(30,31)24-10-9-23(27)33-24/h3-10,15,17-18,25,28-29H,1-2,11-14H2. The van der Waals surface area contributed by atoms with Crippen LogP contribution in [0.2, 0.25) is 9.36 Å². The molecule has 0 radical (unpaired) electrons. The molecule has 0 aliphatic heterocycles. The Labute approximate surface area is 214 Å². The highest BCUT2D eigenvalue weighted by atomic mass is 35.5. The van der Waals surface area contributed by atoms with Crippen LogP contribution >= 0.6 is 34.5 Å². The van der Waals surface area contributed by atoms with Gasteiger partial charge >= 0.3 is 0 Å². The summed E-state index contributed by atoms with van der Waals surface area (Å²) >= 11 is 13.0. The van der Waals surface area contributed by atoms with Gasteiger partial charge in [-0.05, 0) is 97.2 Å². The number of ether oxygens (including phenoxy) is 1. The molecule has 1 saturated carbocycles. The molecule has 0 spiro atoms. The fraction of sp³-hybridized carbons (Fsp3) is 0.360. The van der Waals surface area contributed by atoms with Crippen LogP contribution in [-0.4, -0.2) is 27.6 Å². The van der Waals surface area contributed by atoms with Crippen LogP contribution in [0.3, 0.4) is 0 Å². The number of rotatable bonds is 8. The number of fused-ring (bicyclic) bond motifs is 3. The summed E-state index contributed by atoms with van der Waals surface area (Å²) in [5.74, 6) is 1.39. The maximum absolute atomic E-state index is 12.9. The lowest BCUT2D eigenvalue weighted by Gasteiger charge is -2.23. The van der Waals surface area contributed by atoms with Crippen molar-refractivity contribution in [2.24, 2.45) is 11.8 Å². The molecule has 1 heterocycles. The van der Waals surface area contributed by atoms with Crippen LogP contribution in [-0.2, 0) is 22.9 Å². The number of sulfonamides is 1. The van der Waals surface area contributed by atoms with Crippen LogP contribution in [0, 0.1) is 11.8 Å². The predicted octanol–water partition coefficient (Wildman–Crippen LogP) is 6.02. The van der Waals surface area contributed by atoms with E-state index in [1.807, 2.05) is 24.3 Å². The summed E-state index contributed by atoms with van der Waals surface area (Å²) in [6.07, 6.45) is 3.85. The minimum absolute atomic E-state index is 0.0533. The fourth-order valence-electron chi connectivity index (χ4n) is 5.09. The highest BCUT2D eigenvalue weighted by Crippen LogP contribution is 2.41. The van der Waals surface area contributed by atoms with Crippen molar-refractivity contribution in [3.05, 3.63) is 75.1 Å². The van der Waals surface area contributed by atoms with Crippen molar-refractivity contribution < 1.29 is 13.2 Å². The molecule has 3 unspecified atom stereocenters. The molecule has 5 rings (SSSR count). The quantitative estimate of drug-likeness (QED) is 0.345. The molecule has 0 amide bonds. The Balaban J connectivity index is 1.22. The number of hydrogen-bond donors (Lipinski definition) is 2. The van der Waals surface area contributed by atoms with Crippen molar-refractivity contribution in [1.29, 1.82) is 0 Å². The molecule has 1 aromatic heterocycles. The monoisotopic (exact) mass is 536 g/mol. The summed E-state index contributed by atoms with van der Waals surface area (Å²) in [6, 6.07) is 17.0. The number of hydrogen-bond acceptors (Lipinski definition) is 5. The normalized spacial score (nSPS) is 21.6. The Hall–Kier alpha value is -1.77. The maximum atomic E-state index is 12.9. The molecule has 1 fully saturated rings. The molecule has 0 saturated heterocycles. The van der Waals surface area contributed by atoms with E-state index < -0.39 is 10.0 Å². The summed E-state index contributed by atoms with van der Waals surface area (Å²) in [6.45, 7) is 1.22. The molecule has 9 heteroatoms. The molecule has 3 atom stereocenters. The number of nitrogens with one attached hydrogen (secondary N) is 2. The summed E-state index contributed by atoms with van der Waals surface area (Å²) in [7, 11) is -3.57. The molecule has 5 nitrogen and oxygen atoms in total. The smallest absolute Gasteiger partial charge is 0.250 e. The number of halogens is 2. The highest BCUT2D eigenvalue weighted by molar-refractivity contribution is 7.91. The molecule has 180 valence electrons. The number of thiophene rings is 1. The van der Waals surface area contributed by atoms with Crippen molar-refractivity contribution in [3.63, 3.8) is 0 Å². The van der Waals surface area contributed by atoms with Gasteiger partial charge in [-0.3, -0.25) is 0 Å². The third-order valence-electron chi connectivity index (χ3n) is 6.71. The Morgan fingerprint density at radius 2 is 1.68 bits per heavy atom. The van der Waals surface area contributed by atoms with E-state index in [9.17, 15) is 8.42 Å². The van der Waals surface area contributed by atoms with E-state index in [-0.39, 0.29) is 10.3 Å². The molecule has 2 bridgehead atoms. The van der Waals surface area contributed by atoms with Crippen LogP contribution in [0.15, 0.2) is 58.8 Å². The SMILES string of the molecule is O=S(=O)(NC1C2CCC1Cc1cc(NCCOc3ccc(Cl)cc3)ccc1C2)c1ccc(Cl)s1. The summed E-state index contributed by atoms with van der Waals surface area (Å²) in [5.41, 5.74) is 3.68. The van der Waals surface area contributed by atoms with Gasteiger partial charge in [-0.1, -0.05) is 29.3 Å². The van der Waals surface area contributed by atoms with E-state index in [1.165, 1.54) is 11.1 Å². The zero-order valence-corrected chi connectivity index (χ0v) is 21.6. The van der Waals surface area contributed by atoms with Crippen LogP contribution < -0.4 is 14.8 Å². The zero-order chi connectivity index (χ0) is 23.7. The lowest BCUT2D eigenvalue weighted by molar-refractivity contribution is 0.333. The van der Waals surface area contributed by atoms with Crippen molar-refractivity contribution >= 4 is 50.2 Å². The summed E-state index contributed by atoms with van der Waals surface area (Å²) in [4.78, 5) is 0. The van der Waals surface area contributed by atoms with Gasteiger partial charge in [0.2, 0.25) is 10.0 Å². The molecule has 2 aromatic carbocycles. The Morgan fingerprint density at radius 1 is 0.941 bits per heavy atom. The van der Waals surface area contributed by atoms with Crippen LogP contribution in [0.5, 0.6) is 5.75 Å². The van der Waals surface area contributed by atoms with Crippen molar-refractivity contribution in [2.75, 3.05) is 18.5 Å². The first-order chi connectivity index (χ1) is 16.4. The molecule has 3 aromatic rings. The van der Waals surface area contributed by atoms with Crippen molar-refractivity contribution in [2.45, 2.75) is 35.9 Å². The predicted molar refractivity (Wildman–Crippen MR) is 139 cm³/mol. The minimum atomic E-state index is -3.57. The molecule has 2 aliphatic rings. The highest BCUT2D eigenvalue weighted by Gasteiger charge is 2.41. The van der Waals surface area contributed by atoms with Gasteiger partial charge in [-0.2, -0.15) is 0 Å². The van der Waals surface area contributed by atoms with Crippen LogP contribution in [0.1, 0.15) is 24.0 Å². The number of benzene rings is 2. The first-order valence-corrected chi connectivity index (χ1v) is 14.4. The van der Waals surface area contributed by atoms with Gasteiger partial charge in [0.1, 0.15) is 16.6 Å². The fourth-order valence-corrected chi connectivity index (χ4v) is 8.09. The lowest BCUT2D eigenvalue weighted by atomic mass is 9.93. The third kappa shape index (κ3) is 5.39. The first kappa shape index (κ1) is 23.9. The second-order valence-corrected chi connectivity index (χ2v) is 13.0. The van der Waals surface area contributed by atoms with Gasteiger partial charge in [-0.15, -0.1) is 11.3 Å². The average molecular weight is 538 g/mol.